The van der Waals surface area contributed by atoms with Crippen LogP contribution in [0.1, 0.15) is 37.3 Å². The fourth-order valence-corrected chi connectivity index (χ4v) is 1.75. The quantitative estimate of drug-likeness (QED) is 0.711. The second-order valence-corrected chi connectivity index (χ2v) is 3.91. The molecule has 0 radical (unpaired) electrons. The number of aryl methyl sites for hydroxylation is 1. The van der Waals surface area contributed by atoms with Gasteiger partial charge < -0.3 is 5.32 Å². The van der Waals surface area contributed by atoms with Crippen LogP contribution in [-0.4, -0.2) is 6.54 Å². The molecule has 16 heavy (non-hydrogen) atoms. The molecular formula is C14H20N2. The molecule has 0 saturated carbocycles. The first-order chi connectivity index (χ1) is 7.88. The van der Waals surface area contributed by atoms with E-state index in [2.05, 4.69) is 42.6 Å². The van der Waals surface area contributed by atoms with Crippen molar-refractivity contribution in [2.45, 2.75) is 39.2 Å². The second-order valence-electron chi connectivity index (χ2n) is 3.91. The number of benzene rings is 1. The number of hydrogen-bond acceptors (Lipinski definition) is 2. The zero-order chi connectivity index (χ0) is 11.6. The molecule has 0 aliphatic rings. The van der Waals surface area contributed by atoms with Crippen molar-refractivity contribution >= 4 is 0 Å². The minimum Gasteiger partial charge on any atom is -0.313 e. The highest BCUT2D eigenvalue weighted by Gasteiger charge is 1.98. The Hall–Kier alpha value is -1.33. The maximum atomic E-state index is 8.40. The SMILES string of the molecule is CCc1ccccc1CNCCCCC#N. The van der Waals surface area contributed by atoms with Crippen LogP contribution >= 0.6 is 0 Å². The van der Waals surface area contributed by atoms with E-state index < -0.39 is 0 Å². The van der Waals surface area contributed by atoms with E-state index in [0.29, 0.717) is 6.42 Å². The molecule has 0 aliphatic heterocycles. The summed E-state index contributed by atoms with van der Waals surface area (Å²) in [5.41, 5.74) is 2.82. The molecule has 0 heterocycles. The van der Waals surface area contributed by atoms with E-state index in [4.69, 9.17) is 5.26 Å². The number of unbranched alkanes of at least 4 members (excludes halogenated alkanes) is 2. The van der Waals surface area contributed by atoms with E-state index in [9.17, 15) is 0 Å². The summed E-state index contributed by atoms with van der Waals surface area (Å²) in [6.07, 6.45) is 3.85. The van der Waals surface area contributed by atoms with Crippen molar-refractivity contribution in [3.05, 3.63) is 35.4 Å². The molecule has 86 valence electrons. The number of nitrogens with zero attached hydrogens (tertiary/aromatic N) is 1. The molecule has 2 nitrogen and oxygen atoms in total. The van der Waals surface area contributed by atoms with Crippen molar-refractivity contribution in [1.82, 2.24) is 5.32 Å². The van der Waals surface area contributed by atoms with Gasteiger partial charge in [0, 0.05) is 13.0 Å². The molecule has 0 aromatic heterocycles. The summed E-state index contributed by atoms with van der Waals surface area (Å²) in [6.45, 7) is 4.13. The summed E-state index contributed by atoms with van der Waals surface area (Å²) in [6, 6.07) is 10.7. The minimum absolute atomic E-state index is 0.674. The second kappa shape index (κ2) is 7.90. The van der Waals surface area contributed by atoms with Crippen LogP contribution in [0.25, 0.3) is 0 Å². The van der Waals surface area contributed by atoms with Gasteiger partial charge in [-0.15, -0.1) is 0 Å². The van der Waals surface area contributed by atoms with Gasteiger partial charge in [-0.25, -0.2) is 0 Å². The maximum Gasteiger partial charge on any atom is 0.0621 e. The van der Waals surface area contributed by atoms with Gasteiger partial charge in [0.25, 0.3) is 0 Å². The normalized spacial score (nSPS) is 10.0. The molecule has 0 amide bonds. The zero-order valence-electron chi connectivity index (χ0n) is 10.00. The van der Waals surface area contributed by atoms with Crippen LogP contribution < -0.4 is 5.32 Å². The average Bonchev–Trinajstić information content (AvgIpc) is 2.34. The first kappa shape index (κ1) is 12.7. The van der Waals surface area contributed by atoms with Gasteiger partial charge in [0.15, 0.2) is 0 Å². The van der Waals surface area contributed by atoms with Crippen LogP contribution in [0.15, 0.2) is 24.3 Å². The summed E-state index contributed by atoms with van der Waals surface area (Å²) in [7, 11) is 0. The molecule has 0 saturated heterocycles. The van der Waals surface area contributed by atoms with E-state index in [-0.39, 0.29) is 0 Å². The molecule has 0 fully saturated rings. The Morgan fingerprint density at radius 3 is 2.62 bits per heavy atom. The van der Waals surface area contributed by atoms with Gasteiger partial charge in [-0.2, -0.15) is 5.26 Å². The average molecular weight is 216 g/mol. The lowest BCUT2D eigenvalue weighted by Gasteiger charge is -2.08. The van der Waals surface area contributed by atoms with E-state index in [1.165, 1.54) is 11.1 Å². The van der Waals surface area contributed by atoms with Crippen molar-refractivity contribution in [3.63, 3.8) is 0 Å². The Labute approximate surface area is 98.3 Å². The van der Waals surface area contributed by atoms with Gasteiger partial charge in [-0.3, -0.25) is 0 Å². The Balaban J connectivity index is 2.24. The van der Waals surface area contributed by atoms with Crippen LogP contribution in [0.2, 0.25) is 0 Å². The monoisotopic (exact) mass is 216 g/mol. The van der Waals surface area contributed by atoms with Gasteiger partial charge in [0.2, 0.25) is 0 Å². The minimum atomic E-state index is 0.674. The number of nitriles is 1. The largest absolute Gasteiger partial charge is 0.313 e. The molecule has 0 bridgehead atoms. The Morgan fingerprint density at radius 2 is 1.94 bits per heavy atom. The zero-order valence-corrected chi connectivity index (χ0v) is 10.00. The highest BCUT2D eigenvalue weighted by molar-refractivity contribution is 5.26. The third kappa shape index (κ3) is 4.46. The number of hydrogen-bond donors (Lipinski definition) is 1. The first-order valence-electron chi connectivity index (χ1n) is 6.03. The molecule has 0 spiro atoms. The molecule has 1 aromatic carbocycles. The summed E-state index contributed by atoms with van der Waals surface area (Å²) in [5.74, 6) is 0. The topological polar surface area (TPSA) is 35.8 Å². The standard InChI is InChI=1S/C14H20N2/c1-2-13-8-4-5-9-14(13)12-16-11-7-3-6-10-15/h4-5,8-9,16H,2-3,6-7,11-12H2,1H3. The predicted octanol–water partition coefficient (Wildman–Crippen LogP) is 3.03. The lowest BCUT2D eigenvalue weighted by molar-refractivity contribution is 0.626. The molecule has 1 aromatic rings. The van der Waals surface area contributed by atoms with Crippen molar-refractivity contribution < 1.29 is 0 Å². The summed E-state index contributed by atoms with van der Waals surface area (Å²) >= 11 is 0. The fourth-order valence-electron chi connectivity index (χ4n) is 1.75. The summed E-state index contributed by atoms with van der Waals surface area (Å²) in [5, 5.41) is 11.8. The van der Waals surface area contributed by atoms with E-state index in [0.717, 1.165) is 32.4 Å². The van der Waals surface area contributed by atoms with Crippen LogP contribution in [0.3, 0.4) is 0 Å². The van der Waals surface area contributed by atoms with Gasteiger partial charge in [-0.05, 0) is 36.9 Å². The van der Waals surface area contributed by atoms with Crippen LogP contribution in [0.5, 0.6) is 0 Å². The number of rotatable bonds is 7. The van der Waals surface area contributed by atoms with E-state index in [1.807, 2.05) is 0 Å². The Kier molecular flexibility index (Phi) is 6.29. The maximum absolute atomic E-state index is 8.40. The predicted molar refractivity (Wildman–Crippen MR) is 67.0 cm³/mol. The Bertz CT molecular complexity index is 339. The van der Waals surface area contributed by atoms with Crippen molar-refractivity contribution in [3.8, 4) is 6.07 Å². The van der Waals surface area contributed by atoms with E-state index >= 15 is 0 Å². The smallest absolute Gasteiger partial charge is 0.0621 e. The van der Waals surface area contributed by atoms with Gasteiger partial charge >= 0.3 is 0 Å². The highest BCUT2D eigenvalue weighted by atomic mass is 14.8. The van der Waals surface area contributed by atoms with Crippen LogP contribution in [0.4, 0.5) is 0 Å². The van der Waals surface area contributed by atoms with Gasteiger partial charge in [-0.1, -0.05) is 31.2 Å². The van der Waals surface area contributed by atoms with Gasteiger partial charge in [0.05, 0.1) is 6.07 Å². The Morgan fingerprint density at radius 1 is 1.19 bits per heavy atom. The molecular weight excluding hydrogens is 196 g/mol. The van der Waals surface area contributed by atoms with Crippen molar-refractivity contribution in [1.29, 1.82) is 5.26 Å². The van der Waals surface area contributed by atoms with Crippen molar-refractivity contribution in [2.75, 3.05) is 6.54 Å². The van der Waals surface area contributed by atoms with Crippen LogP contribution in [0, 0.1) is 11.3 Å². The van der Waals surface area contributed by atoms with E-state index in [1.54, 1.807) is 0 Å². The molecule has 1 N–H and O–H groups in total. The lowest BCUT2D eigenvalue weighted by Crippen LogP contribution is -2.15. The molecule has 0 atom stereocenters. The highest BCUT2D eigenvalue weighted by Crippen LogP contribution is 2.08. The first-order valence-corrected chi connectivity index (χ1v) is 6.03. The van der Waals surface area contributed by atoms with Crippen molar-refractivity contribution in [2.24, 2.45) is 0 Å². The molecule has 2 heteroatoms. The molecule has 0 unspecified atom stereocenters. The molecule has 1 rings (SSSR count). The summed E-state index contributed by atoms with van der Waals surface area (Å²) in [4.78, 5) is 0. The lowest BCUT2D eigenvalue weighted by atomic mass is 10.1. The summed E-state index contributed by atoms with van der Waals surface area (Å²) < 4.78 is 0. The third-order valence-electron chi connectivity index (χ3n) is 2.71. The number of nitrogens with one attached hydrogen (secondary N) is 1. The van der Waals surface area contributed by atoms with Gasteiger partial charge in [0.1, 0.15) is 0 Å². The third-order valence-corrected chi connectivity index (χ3v) is 2.71. The molecule has 0 aliphatic carbocycles. The fraction of sp³-hybridized carbons (Fsp3) is 0.500. The van der Waals surface area contributed by atoms with Crippen LogP contribution in [-0.2, 0) is 13.0 Å².